The first-order valence-corrected chi connectivity index (χ1v) is 9.65. The molecule has 2 aliphatic heterocycles. The number of aliphatic hydroxyl groups excluding tert-OH is 1. The molecule has 0 aromatic heterocycles. The molecule has 1 N–H and O–H groups in total. The largest absolute Gasteiger partial charge is 0.469 e. The summed E-state index contributed by atoms with van der Waals surface area (Å²) in [6, 6.07) is 0. The minimum absolute atomic E-state index is 0.0572. The second-order valence-corrected chi connectivity index (χ2v) is 7.41. The number of unbranched alkanes of at least 4 members (excludes halogenated alkanes) is 1. The summed E-state index contributed by atoms with van der Waals surface area (Å²) in [5, 5.41) is 9.75. The van der Waals surface area contributed by atoms with Crippen LogP contribution >= 0.6 is 0 Å². The van der Waals surface area contributed by atoms with Gasteiger partial charge in [0.2, 0.25) is 0 Å². The molecule has 1 saturated carbocycles. The Bertz CT molecular complexity index is 550. The third kappa shape index (κ3) is 4.43. The van der Waals surface area contributed by atoms with Crippen molar-refractivity contribution in [3.63, 3.8) is 0 Å². The zero-order chi connectivity index (χ0) is 19.4. The SMILES string of the molecule is COC(=O)CCCC=C1OC2(F)CC(OC3CCCCO3)C(CO)C2C1F. The molecule has 0 amide bonds. The summed E-state index contributed by atoms with van der Waals surface area (Å²) in [4.78, 5) is 11.1. The van der Waals surface area contributed by atoms with Gasteiger partial charge in [-0.2, -0.15) is 4.39 Å². The summed E-state index contributed by atoms with van der Waals surface area (Å²) >= 11 is 0. The van der Waals surface area contributed by atoms with Gasteiger partial charge in [0.25, 0.3) is 5.85 Å². The van der Waals surface area contributed by atoms with Crippen molar-refractivity contribution < 1.29 is 37.6 Å². The van der Waals surface area contributed by atoms with Crippen molar-refractivity contribution >= 4 is 5.97 Å². The van der Waals surface area contributed by atoms with Crippen molar-refractivity contribution in [1.29, 1.82) is 0 Å². The first kappa shape index (κ1) is 20.5. The quantitative estimate of drug-likeness (QED) is 0.532. The molecule has 1 aliphatic carbocycles. The number of methoxy groups -OCH3 is 1. The third-order valence-corrected chi connectivity index (χ3v) is 5.62. The van der Waals surface area contributed by atoms with Crippen LogP contribution in [0.1, 0.15) is 44.9 Å². The molecule has 3 rings (SSSR count). The second-order valence-electron chi connectivity index (χ2n) is 7.41. The Kier molecular flexibility index (Phi) is 6.70. The second kappa shape index (κ2) is 8.84. The third-order valence-electron chi connectivity index (χ3n) is 5.62. The van der Waals surface area contributed by atoms with E-state index in [1.54, 1.807) is 0 Å². The summed E-state index contributed by atoms with van der Waals surface area (Å²) in [6.45, 7) is 0.208. The van der Waals surface area contributed by atoms with Crippen molar-refractivity contribution in [2.75, 3.05) is 20.3 Å². The smallest absolute Gasteiger partial charge is 0.305 e. The van der Waals surface area contributed by atoms with Crippen LogP contribution in [0.15, 0.2) is 11.8 Å². The van der Waals surface area contributed by atoms with E-state index in [9.17, 15) is 14.3 Å². The molecule has 154 valence electrons. The van der Waals surface area contributed by atoms with E-state index in [0.29, 0.717) is 25.9 Å². The number of hydrogen-bond acceptors (Lipinski definition) is 6. The highest BCUT2D eigenvalue weighted by Gasteiger charge is 2.65. The topological polar surface area (TPSA) is 74.2 Å². The zero-order valence-electron chi connectivity index (χ0n) is 15.6. The average molecular weight is 390 g/mol. The molecule has 0 aromatic carbocycles. The first-order valence-electron chi connectivity index (χ1n) is 9.65. The van der Waals surface area contributed by atoms with Gasteiger partial charge < -0.3 is 24.1 Å². The predicted molar refractivity (Wildman–Crippen MR) is 90.9 cm³/mol. The first-order chi connectivity index (χ1) is 13.0. The number of hydrogen-bond donors (Lipinski definition) is 1. The number of fused-ring (bicyclic) bond motifs is 1. The zero-order valence-corrected chi connectivity index (χ0v) is 15.6. The predicted octanol–water partition coefficient (Wildman–Crippen LogP) is 2.79. The van der Waals surface area contributed by atoms with Gasteiger partial charge in [0.1, 0.15) is 5.76 Å². The Labute approximate surface area is 157 Å². The summed E-state index contributed by atoms with van der Waals surface area (Å²) in [5.41, 5.74) is 0. The van der Waals surface area contributed by atoms with Crippen molar-refractivity contribution in [3.05, 3.63) is 11.8 Å². The van der Waals surface area contributed by atoms with Crippen LogP contribution in [-0.4, -0.2) is 55.8 Å². The molecule has 6 unspecified atom stereocenters. The monoisotopic (exact) mass is 390 g/mol. The molecule has 0 bridgehead atoms. The van der Waals surface area contributed by atoms with Crippen LogP contribution in [0.5, 0.6) is 0 Å². The number of rotatable bonds is 7. The fourth-order valence-electron chi connectivity index (χ4n) is 4.23. The Morgan fingerprint density at radius 3 is 2.93 bits per heavy atom. The molecule has 2 heterocycles. The highest BCUT2D eigenvalue weighted by Crippen LogP contribution is 2.55. The highest BCUT2D eigenvalue weighted by atomic mass is 19.2. The summed E-state index contributed by atoms with van der Waals surface area (Å²) in [5.74, 6) is -4.40. The molecule has 6 nitrogen and oxygen atoms in total. The van der Waals surface area contributed by atoms with Crippen LogP contribution in [0.25, 0.3) is 0 Å². The number of carbonyl (C=O) groups excluding carboxylic acids is 1. The van der Waals surface area contributed by atoms with Gasteiger partial charge in [-0.05, 0) is 38.2 Å². The molecular weight excluding hydrogens is 362 g/mol. The van der Waals surface area contributed by atoms with Gasteiger partial charge in [-0.3, -0.25) is 4.79 Å². The van der Waals surface area contributed by atoms with Crippen LogP contribution in [0.3, 0.4) is 0 Å². The number of carbonyl (C=O) groups is 1. The van der Waals surface area contributed by atoms with Crippen molar-refractivity contribution in [2.45, 2.75) is 69.4 Å². The number of ether oxygens (including phenoxy) is 4. The van der Waals surface area contributed by atoms with Crippen molar-refractivity contribution in [2.24, 2.45) is 11.8 Å². The van der Waals surface area contributed by atoms with E-state index in [4.69, 9.17) is 14.2 Å². The fraction of sp³-hybridized carbons (Fsp3) is 0.842. The van der Waals surface area contributed by atoms with Crippen LogP contribution in [-0.2, 0) is 23.7 Å². The van der Waals surface area contributed by atoms with Crippen LogP contribution < -0.4 is 0 Å². The van der Waals surface area contributed by atoms with Gasteiger partial charge in [0.05, 0.1) is 19.1 Å². The lowest BCUT2D eigenvalue weighted by Crippen LogP contribution is -2.35. The van der Waals surface area contributed by atoms with E-state index in [1.807, 2.05) is 0 Å². The highest BCUT2D eigenvalue weighted by molar-refractivity contribution is 5.69. The van der Waals surface area contributed by atoms with Crippen molar-refractivity contribution in [1.82, 2.24) is 0 Å². The molecule has 27 heavy (non-hydrogen) atoms. The lowest BCUT2D eigenvalue weighted by Gasteiger charge is -2.29. The number of halogens is 2. The van der Waals surface area contributed by atoms with Crippen LogP contribution in [0.4, 0.5) is 8.78 Å². The number of allylic oxidation sites excluding steroid dienone is 2. The Morgan fingerprint density at radius 2 is 2.26 bits per heavy atom. The molecule has 0 aromatic rings. The summed E-state index contributed by atoms with van der Waals surface area (Å²) < 4.78 is 51.5. The Morgan fingerprint density at radius 1 is 1.44 bits per heavy atom. The van der Waals surface area contributed by atoms with Crippen LogP contribution in [0, 0.1) is 11.8 Å². The molecule has 2 saturated heterocycles. The Hall–Kier alpha value is -1.25. The van der Waals surface area contributed by atoms with E-state index >= 15 is 4.39 Å². The van der Waals surface area contributed by atoms with Crippen LogP contribution in [0.2, 0.25) is 0 Å². The maximum atomic E-state index is 15.3. The lowest BCUT2D eigenvalue weighted by molar-refractivity contribution is -0.202. The molecule has 6 atom stereocenters. The lowest BCUT2D eigenvalue weighted by atomic mass is 9.90. The maximum absolute atomic E-state index is 15.3. The maximum Gasteiger partial charge on any atom is 0.305 e. The van der Waals surface area contributed by atoms with Crippen molar-refractivity contribution in [3.8, 4) is 0 Å². The number of alkyl halides is 2. The van der Waals surface area contributed by atoms with E-state index in [0.717, 1.165) is 12.8 Å². The van der Waals surface area contributed by atoms with Gasteiger partial charge in [-0.25, -0.2) is 4.39 Å². The molecule has 0 spiro atoms. The standard InChI is InChI=1S/C19H28F2O6/c1-24-15(23)7-3-2-6-13-18(20)17-12(11-22)14(10-19(17,21)27-13)26-16-8-4-5-9-25-16/h6,12,14,16-18,22H,2-5,7-11H2,1H3. The molecular formula is C19H28F2O6. The van der Waals surface area contributed by atoms with E-state index in [2.05, 4.69) is 4.74 Å². The molecule has 3 fully saturated rings. The van der Waals surface area contributed by atoms with Gasteiger partial charge in [0, 0.05) is 32.0 Å². The normalized spacial score (nSPS) is 40.0. The summed E-state index contributed by atoms with van der Waals surface area (Å²) in [7, 11) is 1.30. The number of aliphatic hydroxyl groups is 1. The van der Waals surface area contributed by atoms with E-state index in [-0.39, 0.29) is 31.2 Å². The molecule has 0 radical (unpaired) electrons. The van der Waals surface area contributed by atoms with Gasteiger partial charge >= 0.3 is 5.97 Å². The fourth-order valence-corrected chi connectivity index (χ4v) is 4.23. The van der Waals surface area contributed by atoms with Gasteiger partial charge in [-0.1, -0.05) is 0 Å². The van der Waals surface area contributed by atoms with E-state index in [1.165, 1.54) is 13.2 Å². The minimum Gasteiger partial charge on any atom is -0.469 e. The average Bonchev–Trinajstić information content (AvgIpc) is 3.07. The van der Waals surface area contributed by atoms with Gasteiger partial charge in [-0.15, -0.1) is 0 Å². The molecule has 3 aliphatic rings. The van der Waals surface area contributed by atoms with Gasteiger partial charge in [0.15, 0.2) is 12.5 Å². The van der Waals surface area contributed by atoms with E-state index < -0.39 is 36.3 Å². The minimum atomic E-state index is -2.19. The summed E-state index contributed by atoms with van der Waals surface area (Å²) in [6.07, 6.45) is 2.31. The molecule has 8 heteroatoms. The Balaban J connectivity index is 1.61. The number of esters is 1.